The molecule has 0 aliphatic rings. The Bertz CT molecular complexity index is 506. The molecule has 0 radical (unpaired) electrons. The molecular weight excluding hydrogens is 407 g/mol. The largest absolute Gasteiger partial charge is 1.00 e. The third kappa shape index (κ3) is 26.0. The van der Waals surface area contributed by atoms with Gasteiger partial charge in [-0.15, -0.1) is 0 Å². The number of hydrogen-bond donors (Lipinski definition) is 2. The maximum atomic E-state index is 12.0. The first-order chi connectivity index (χ1) is 13.6. The molecule has 0 aliphatic carbocycles. The number of ether oxygens (including phenoxy) is 2. The fourth-order valence-electron chi connectivity index (χ4n) is 1.98. The molecule has 0 heterocycles. The van der Waals surface area contributed by atoms with Crippen LogP contribution in [0.4, 0.5) is 4.79 Å². The van der Waals surface area contributed by atoms with Gasteiger partial charge in [-0.25, -0.2) is 4.79 Å². The molecule has 1 amide bonds. The van der Waals surface area contributed by atoms with E-state index < -0.39 is 17.4 Å². The molecule has 0 bridgehead atoms. The zero-order valence-corrected chi connectivity index (χ0v) is 23.9. The van der Waals surface area contributed by atoms with Gasteiger partial charge in [-0.3, -0.25) is 0 Å². The number of hydrogen-bond acceptors (Lipinski definition) is 5. The predicted octanol–water partition coefficient (Wildman–Crippen LogP) is 1.02. The summed E-state index contributed by atoms with van der Waals surface area (Å²) in [5.41, 5.74) is -0.362. The molecule has 0 saturated heterocycles. The van der Waals surface area contributed by atoms with Crippen LogP contribution in [0.15, 0.2) is 30.3 Å². The smallest absolute Gasteiger partial charge is 0.838 e. The molecule has 6 nitrogen and oxygen atoms in total. The van der Waals surface area contributed by atoms with E-state index in [1.165, 1.54) is 5.56 Å². The molecule has 1 unspecified atom stereocenters. The van der Waals surface area contributed by atoms with Crippen LogP contribution >= 0.6 is 0 Å². The maximum Gasteiger partial charge on any atom is 1.00 e. The van der Waals surface area contributed by atoms with Gasteiger partial charge in [0, 0.05) is 19.8 Å². The summed E-state index contributed by atoms with van der Waals surface area (Å²) in [4.78, 5) is 11.4. The second-order valence-electron chi connectivity index (χ2n) is 7.54. The summed E-state index contributed by atoms with van der Waals surface area (Å²) < 4.78 is 10.3. The average Bonchev–Trinajstić information content (AvgIpc) is 2.63. The van der Waals surface area contributed by atoms with Crippen molar-refractivity contribution in [2.75, 3.05) is 26.3 Å². The van der Waals surface area contributed by atoms with Crippen molar-refractivity contribution >= 4 is 6.09 Å². The zero-order chi connectivity index (χ0) is 22.8. The quantitative estimate of drug-likeness (QED) is 0.333. The molecule has 1 aromatic rings. The first-order valence-electron chi connectivity index (χ1n) is 10.6. The Morgan fingerprint density at radius 2 is 1.63 bits per heavy atom. The number of aryl methyl sites for hydroxylation is 1. The summed E-state index contributed by atoms with van der Waals surface area (Å²) in [6.45, 7) is 17.1. The Morgan fingerprint density at radius 3 is 2.07 bits per heavy atom. The van der Waals surface area contributed by atoms with Gasteiger partial charge < -0.3 is 25.2 Å². The van der Waals surface area contributed by atoms with Gasteiger partial charge in [0.2, 0.25) is 0 Å². The number of carbonyl (C=O) groups excluding carboxylic acids is 1. The summed E-state index contributed by atoms with van der Waals surface area (Å²) in [7, 11) is 0. The fraction of sp³-hybridized carbons (Fsp3) is 0.696. The number of alkyl carbamates (subject to hydrolysis) is 1. The van der Waals surface area contributed by atoms with Crippen molar-refractivity contribution in [2.24, 2.45) is 0 Å². The third-order valence-corrected chi connectivity index (χ3v) is 3.39. The van der Waals surface area contributed by atoms with Crippen molar-refractivity contribution in [3.8, 4) is 0 Å². The Morgan fingerprint density at radius 1 is 1.07 bits per heavy atom. The Labute approximate surface area is 227 Å². The average molecular weight is 451 g/mol. The molecule has 1 rings (SSSR count). The molecule has 170 valence electrons. The van der Waals surface area contributed by atoms with Crippen LogP contribution in [0.1, 0.15) is 66.9 Å². The molecule has 0 saturated carbocycles. The third-order valence-electron chi connectivity index (χ3n) is 3.39. The SMILES string of the molecule is CC.CCOCCC(C)([O-])NCCCNC(=O)OC(C)(C)C.Cc1ccccc1.[K+]. The van der Waals surface area contributed by atoms with E-state index in [9.17, 15) is 9.90 Å². The van der Waals surface area contributed by atoms with Crippen LogP contribution < -0.4 is 67.1 Å². The monoisotopic (exact) mass is 450 g/mol. The summed E-state index contributed by atoms with van der Waals surface area (Å²) >= 11 is 0. The van der Waals surface area contributed by atoms with Gasteiger partial charge in [0.05, 0.1) is 0 Å². The van der Waals surface area contributed by atoms with Crippen molar-refractivity contribution in [1.82, 2.24) is 10.6 Å². The van der Waals surface area contributed by atoms with Crippen LogP contribution in [0.25, 0.3) is 0 Å². The van der Waals surface area contributed by atoms with Gasteiger partial charge in [0.15, 0.2) is 0 Å². The number of nitrogens with one attached hydrogen (secondary N) is 2. The van der Waals surface area contributed by atoms with Crippen LogP contribution in [0.3, 0.4) is 0 Å². The first-order valence-corrected chi connectivity index (χ1v) is 10.6. The van der Waals surface area contributed by atoms with Crippen molar-refractivity contribution < 1.29 is 70.8 Å². The van der Waals surface area contributed by atoms with Gasteiger partial charge >= 0.3 is 57.5 Å². The molecule has 2 N–H and O–H groups in total. The molecule has 0 fully saturated rings. The van der Waals surface area contributed by atoms with E-state index >= 15 is 0 Å². The minimum Gasteiger partial charge on any atom is -0.838 e. The zero-order valence-electron chi connectivity index (χ0n) is 20.8. The van der Waals surface area contributed by atoms with E-state index in [2.05, 4.69) is 29.7 Å². The molecular formula is C23H43KN2O4. The number of amides is 1. The summed E-state index contributed by atoms with van der Waals surface area (Å²) in [6.07, 6.45) is 0.658. The van der Waals surface area contributed by atoms with Gasteiger partial charge in [-0.05, 0) is 54.0 Å². The van der Waals surface area contributed by atoms with Crippen LogP contribution in [-0.2, 0) is 9.47 Å². The topological polar surface area (TPSA) is 82.7 Å². The molecule has 30 heavy (non-hydrogen) atoms. The summed E-state index contributed by atoms with van der Waals surface area (Å²) in [5.74, 6) is 0. The minimum atomic E-state index is -1.19. The summed E-state index contributed by atoms with van der Waals surface area (Å²) in [5, 5.41) is 17.5. The van der Waals surface area contributed by atoms with Crippen molar-refractivity contribution in [3.05, 3.63) is 35.9 Å². The molecule has 1 aromatic carbocycles. The first kappa shape index (κ1) is 34.6. The molecule has 0 aromatic heterocycles. The molecule has 0 aliphatic heterocycles. The Hall–Kier alpha value is 0.00636. The van der Waals surface area contributed by atoms with E-state index in [-0.39, 0.29) is 51.4 Å². The fourth-order valence-corrected chi connectivity index (χ4v) is 1.98. The second kappa shape index (κ2) is 20.9. The van der Waals surface area contributed by atoms with Crippen molar-refractivity contribution in [1.29, 1.82) is 0 Å². The molecule has 1 atom stereocenters. The van der Waals surface area contributed by atoms with E-state index in [1.54, 1.807) is 6.92 Å². The van der Waals surface area contributed by atoms with Gasteiger partial charge in [0.1, 0.15) is 5.60 Å². The molecule has 0 spiro atoms. The Balaban J connectivity index is -0.000000605. The van der Waals surface area contributed by atoms with Gasteiger partial charge in [-0.2, -0.15) is 0 Å². The number of benzene rings is 1. The predicted molar refractivity (Wildman–Crippen MR) is 119 cm³/mol. The number of rotatable bonds is 9. The summed E-state index contributed by atoms with van der Waals surface area (Å²) in [6, 6.07) is 10.3. The number of carbonyl (C=O) groups is 1. The second-order valence-corrected chi connectivity index (χ2v) is 7.54. The van der Waals surface area contributed by atoms with E-state index in [4.69, 9.17) is 9.47 Å². The maximum absolute atomic E-state index is 12.0. The van der Waals surface area contributed by atoms with Crippen molar-refractivity contribution in [3.63, 3.8) is 0 Å². The van der Waals surface area contributed by atoms with E-state index in [0.717, 1.165) is 0 Å². The van der Waals surface area contributed by atoms with Crippen LogP contribution in [0.2, 0.25) is 0 Å². The van der Waals surface area contributed by atoms with E-state index in [1.807, 2.05) is 59.7 Å². The molecule has 7 heteroatoms. The van der Waals surface area contributed by atoms with Crippen LogP contribution in [-0.4, -0.2) is 43.7 Å². The standard InChI is InChI=1S/C14H29N2O4.C7H8.C2H6.K/c1-6-19-11-8-14(5,18)16-10-7-9-15-12(17)20-13(2,3)4;1-7-5-3-2-4-6-7;1-2;/h16H,6-11H2,1-5H3,(H,15,17);2-6H,1H3;1-2H3;/q-1;;;+1. The van der Waals surface area contributed by atoms with E-state index in [0.29, 0.717) is 39.1 Å². The van der Waals surface area contributed by atoms with Gasteiger partial charge in [-0.1, -0.05) is 62.4 Å². The van der Waals surface area contributed by atoms with Crippen molar-refractivity contribution in [2.45, 2.75) is 79.6 Å². The van der Waals surface area contributed by atoms with Crippen LogP contribution in [0, 0.1) is 6.92 Å². The van der Waals surface area contributed by atoms with Gasteiger partial charge in [0.25, 0.3) is 0 Å². The minimum absolute atomic E-state index is 0. The normalized spacial score (nSPS) is 12.0. The Kier molecular flexibility index (Phi) is 24.1. The van der Waals surface area contributed by atoms with Crippen LogP contribution in [0.5, 0.6) is 0 Å².